The minimum atomic E-state index is -0.443. The smallest absolute Gasteiger partial charge is 0.227 e. The predicted octanol–water partition coefficient (Wildman–Crippen LogP) is 7.43. The van der Waals surface area contributed by atoms with Gasteiger partial charge in [-0.05, 0) is 42.5 Å². The lowest BCUT2D eigenvalue weighted by atomic mass is 9.73. The molecule has 1 unspecified atom stereocenters. The number of hydrogen-bond acceptors (Lipinski definition) is 6. The molecule has 3 aromatic rings. The summed E-state index contributed by atoms with van der Waals surface area (Å²) in [7, 11) is 0. The summed E-state index contributed by atoms with van der Waals surface area (Å²) in [5.74, 6) is 2.38. The molecule has 1 aromatic heterocycles. The van der Waals surface area contributed by atoms with E-state index in [0.717, 1.165) is 45.5 Å². The van der Waals surface area contributed by atoms with Crippen LogP contribution < -0.4 is 10.1 Å². The summed E-state index contributed by atoms with van der Waals surface area (Å²) in [4.78, 5) is 18.4. The van der Waals surface area contributed by atoms with Crippen LogP contribution in [0.4, 0.5) is 5.95 Å². The Hall–Kier alpha value is -2.29. The third kappa shape index (κ3) is 5.08. The van der Waals surface area contributed by atoms with Crippen LogP contribution in [-0.2, 0) is 11.4 Å². The zero-order valence-corrected chi connectivity index (χ0v) is 23.6. The molecular weight excluding hydrogens is 560 g/mol. The molecule has 188 valence electrons. The summed E-state index contributed by atoms with van der Waals surface area (Å²) in [6.45, 7) is 6.71. The Kier molecular flexibility index (Phi) is 7.21. The number of carbonyl (C=O) groups is 1. The largest absolute Gasteiger partial charge is 0.488 e. The number of nitrogens with zero attached hydrogens (tertiary/aromatic N) is 3. The molecule has 36 heavy (non-hydrogen) atoms. The molecule has 1 atom stereocenters. The molecule has 1 aliphatic carbocycles. The lowest BCUT2D eigenvalue weighted by molar-refractivity contribution is -0.118. The van der Waals surface area contributed by atoms with E-state index < -0.39 is 6.04 Å². The number of aromatic nitrogens is 3. The number of fused-ring (bicyclic) bond motifs is 1. The standard InChI is InChI=1S/C27H28BrClN4O2S/c1-4-11-36-26-31-25-30-20-13-27(2,3)14-21(34)23(20)24(33(25)32-26)18-12-17(28)9-10-22(18)35-15-16-7-5-6-8-19(16)29/h5-10,12,24H,4,11,13-15H2,1-3H3,(H,30,31,32). The third-order valence-electron chi connectivity index (χ3n) is 6.36. The summed E-state index contributed by atoms with van der Waals surface area (Å²) >= 11 is 11.6. The first-order valence-corrected chi connectivity index (χ1v) is 14.2. The Labute approximate surface area is 229 Å². The molecule has 0 saturated heterocycles. The number of hydrogen-bond donors (Lipinski definition) is 1. The number of nitrogens with one attached hydrogen (secondary N) is 1. The molecule has 0 radical (unpaired) electrons. The number of ether oxygens (including phenoxy) is 1. The van der Waals surface area contributed by atoms with E-state index in [9.17, 15) is 4.79 Å². The zero-order valence-electron chi connectivity index (χ0n) is 20.5. The highest BCUT2D eigenvalue weighted by molar-refractivity contribution is 9.10. The first-order chi connectivity index (χ1) is 17.3. The Bertz CT molecular complexity index is 1350. The van der Waals surface area contributed by atoms with Gasteiger partial charge in [0.1, 0.15) is 18.4 Å². The van der Waals surface area contributed by atoms with Crippen molar-refractivity contribution in [3.8, 4) is 5.75 Å². The molecule has 2 aliphatic rings. The molecule has 2 aromatic carbocycles. The number of halogens is 2. The van der Waals surface area contributed by atoms with Gasteiger partial charge in [0.25, 0.3) is 0 Å². The van der Waals surface area contributed by atoms with E-state index in [1.807, 2.05) is 47.1 Å². The minimum Gasteiger partial charge on any atom is -0.488 e. The van der Waals surface area contributed by atoms with Gasteiger partial charge in [0.15, 0.2) is 5.78 Å². The van der Waals surface area contributed by atoms with Crippen LogP contribution in [0.5, 0.6) is 5.75 Å². The molecule has 2 heterocycles. The number of thioether (sulfide) groups is 1. The molecule has 1 N–H and O–H groups in total. The average molecular weight is 588 g/mol. The maximum absolute atomic E-state index is 13.6. The fourth-order valence-electron chi connectivity index (χ4n) is 4.77. The normalized spacial score (nSPS) is 18.5. The lowest BCUT2D eigenvalue weighted by Crippen LogP contribution is -2.36. The highest BCUT2D eigenvalue weighted by atomic mass is 79.9. The molecule has 5 rings (SSSR count). The molecule has 9 heteroatoms. The SMILES string of the molecule is CCCSc1nc2n(n1)C(c1cc(Br)ccc1OCc1ccccc1Cl)C1=C(CC(C)(C)CC1=O)N2. The van der Waals surface area contributed by atoms with Crippen molar-refractivity contribution in [1.82, 2.24) is 14.8 Å². The van der Waals surface area contributed by atoms with E-state index in [4.69, 9.17) is 26.4 Å². The molecule has 1 aliphatic heterocycles. The molecule has 0 amide bonds. The number of Topliss-reactive ketones (excluding diaryl/α,β-unsaturated/α-hetero) is 1. The van der Waals surface area contributed by atoms with Gasteiger partial charge >= 0.3 is 0 Å². The van der Waals surface area contributed by atoms with Crippen molar-refractivity contribution in [1.29, 1.82) is 0 Å². The molecule has 0 bridgehead atoms. The molecular formula is C27H28BrClN4O2S. The van der Waals surface area contributed by atoms with Gasteiger partial charge in [-0.1, -0.05) is 78.3 Å². The van der Waals surface area contributed by atoms with Crippen LogP contribution in [0.25, 0.3) is 0 Å². The number of benzene rings is 2. The second-order valence-electron chi connectivity index (χ2n) is 9.93. The van der Waals surface area contributed by atoms with E-state index in [2.05, 4.69) is 42.0 Å². The topological polar surface area (TPSA) is 69.0 Å². The van der Waals surface area contributed by atoms with Crippen LogP contribution in [0.1, 0.15) is 57.2 Å². The number of allylic oxidation sites excluding steroid dienone is 2. The van der Waals surface area contributed by atoms with Crippen LogP contribution in [-0.4, -0.2) is 26.3 Å². The maximum Gasteiger partial charge on any atom is 0.227 e. The number of carbonyl (C=O) groups excluding carboxylic acids is 1. The first kappa shape index (κ1) is 25.4. The van der Waals surface area contributed by atoms with Crippen molar-refractivity contribution in [2.24, 2.45) is 5.41 Å². The predicted molar refractivity (Wildman–Crippen MR) is 148 cm³/mol. The van der Waals surface area contributed by atoms with Crippen LogP contribution in [0.15, 0.2) is 63.4 Å². The van der Waals surface area contributed by atoms with Crippen molar-refractivity contribution >= 4 is 51.0 Å². The van der Waals surface area contributed by atoms with Crippen LogP contribution in [0.2, 0.25) is 5.02 Å². The fraction of sp³-hybridized carbons (Fsp3) is 0.370. The Morgan fingerprint density at radius 2 is 2.06 bits per heavy atom. The molecule has 0 saturated carbocycles. The van der Waals surface area contributed by atoms with Gasteiger partial charge in [0.2, 0.25) is 11.1 Å². The minimum absolute atomic E-state index is 0.125. The van der Waals surface area contributed by atoms with Gasteiger partial charge in [0, 0.05) is 44.1 Å². The summed E-state index contributed by atoms with van der Waals surface area (Å²) < 4.78 is 9.07. The van der Waals surface area contributed by atoms with E-state index in [-0.39, 0.29) is 11.2 Å². The highest BCUT2D eigenvalue weighted by Gasteiger charge is 2.42. The van der Waals surface area contributed by atoms with Gasteiger partial charge in [-0.2, -0.15) is 4.98 Å². The molecule has 6 nitrogen and oxygen atoms in total. The quantitative estimate of drug-likeness (QED) is 0.290. The fourth-order valence-corrected chi connectivity index (χ4v) is 6.02. The van der Waals surface area contributed by atoms with Gasteiger partial charge in [-0.15, -0.1) is 5.10 Å². The van der Waals surface area contributed by atoms with E-state index in [1.165, 1.54) is 0 Å². The monoisotopic (exact) mass is 586 g/mol. The van der Waals surface area contributed by atoms with Crippen LogP contribution in [0.3, 0.4) is 0 Å². The summed E-state index contributed by atoms with van der Waals surface area (Å²) in [5, 5.41) is 9.64. The van der Waals surface area contributed by atoms with E-state index in [1.54, 1.807) is 11.8 Å². The number of ketones is 1. The summed E-state index contributed by atoms with van der Waals surface area (Å²) in [6.07, 6.45) is 2.27. The summed E-state index contributed by atoms with van der Waals surface area (Å²) in [6, 6.07) is 13.1. The maximum atomic E-state index is 13.6. The first-order valence-electron chi connectivity index (χ1n) is 12.0. The van der Waals surface area contributed by atoms with Gasteiger partial charge < -0.3 is 10.1 Å². The molecule has 0 fully saturated rings. The van der Waals surface area contributed by atoms with Crippen LogP contribution >= 0.6 is 39.3 Å². The average Bonchev–Trinajstić information content (AvgIpc) is 3.23. The highest BCUT2D eigenvalue weighted by Crippen LogP contribution is 2.47. The van der Waals surface area contributed by atoms with Crippen molar-refractivity contribution < 1.29 is 9.53 Å². The van der Waals surface area contributed by atoms with Crippen molar-refractivity contribution in [3.05, 3.63) is 74.4 Å². The van der Waals surface area contributed by atoms with E-state index >= 15 is 0 Å². The second-order valence-corrected chi connectivity index (χ2v) is 12.3. The number of anilines is 1. The summed E-state index contributed by atoms with van der Waals surface area (Å²) in [5.41, 5.74) is 3.28. The van der Waals surface area contributed by atoms with Crippen molar-refractivity contribution in [3.63, 3.8) is 0 Å². The number of rotatable bonds is 7. The van der Waals surface area contributed by atoms with Gasteiger partial charge in [0.05, 0.1) is 0 Å². The lowest BCUT2D eigenvalue weighted by Gasteiger charge is -2.38. The molecule has 0 spiro atoms. The third-order valence-corrected chi connectivity index (χ3v) is 8.26. The van der Waals surface area contributed by atoms with E-state index in [0.29, 0.717) is 34.9 Å². The second kappa shape index (κ2) is 10.2. The van der Waals surface area contributed by atoms with Gasteiger partial charge in [-0.25, -0.2) is 4.68 Å². The van der Waals surface area contributed by atoms with Crippen molar-refractivity contribution in [2.75, 3.05) is 11.1 Å². The Balaban J connectivity index is 1.61. The Morgan fingerprint density at radius 1 is 1.25 bits per heavy atom. The van der Waals surface area contributed by atoms with Crippen molar-refractivity contribution in [2.45, 2.75) is 57.8 Å². The Morgan fingerprint density at radius 3 is 2.83 bits per heavy atom. The van der Waals surface area contributed by atoms with Crippen LogP contribution in [0, 0.1) is 5.41 Å². The van der Waals surface area contributed by atoms with Gasteiger partial charge in [-0.3, -0.25) is 4.79 Å². The zero-order chi connectivity index (χ0) is 25.4.